The van der Waals surface area contributed by atoms with Gasteiger partial charge in [-0.15, -0.1) is 0 Å². The number of anilines is 1. The number of methoxy groups -OCH3 is 2. The van der Waals surface area contributed by atoms with Gasteiger partial charge in [0, 0.05) is 62.1 Å². The third kappa shape index (κ3) is 3.94. The monoisotopic (exact) mass is 439 g/mol. The molecule has 1 aliphatic heterocycles. The number of hydrogen-bond donors (Lipinski definition) is 0. The van der Waals surface area contributed by atoms with E-state index in [0.29, 0.717) is 60.1 Å². The number of rotatable bonds is 5. The van der Waals surface area contributed by atoms with E-state index in [1.54, 1.807) is 17.0 Å². The third-order valence-electron chi connectivity index (χ3n) is 5.41. The van der Waals surface area contributed by atoms with E-state index in [0.717, 1.165) is 0 Å². The number of piperazine rings is 1. The van der Waals surface area contributed by atoms with E-state index in [-0.39, 0.29) is 17.0 Å². The molecule has 3 aromatic rings. The molecule has 0 bridgehead atoms. The van der Waals surface area contributed by atoms with E-state index in [1.165, 1.54) is 44.6 Å². The van der Waals surface area contributed by atoms with E-state index in [9.17, 15) is 19.7 Å². The van der Waals surface area contributed by atoms with Gasteiger partial charge in [0.15, 0.2) is 11.3 Å². The highest BCUT2D eigenvalue weighted by atomic mass is 16.6. The molecule has 10 nitrogen and oxygen atoms in total. The van der Waals surface area contributed by atoms with Gasteiger partial charge >= 0.3 is 0 Å². The molecule has 0 atom stereocenters. The van der Waals surface area contributed by atoms with Crippen LogP contribution in [-0.4, -0.2) is 56.1 Å². The van der Waals surface area contributed by atoms with Crippen LogP contribution in [0, 0.1) is 10.1 Å². The molecule has 1 aliphatic rings. The lowest BCUT2D eigenvalue weighted by atomic mass is 10.1. The van der Waals surface area contributed by atoms with Crippen molar-refractivity contribution in [1.29, 1.82) is 0 Å². The lowest BCUT2D eigenvalue weighted by Crippen LogP contribution is -2.49. The van der Waals surface area contributed by atoms with Gasteiger partial charge in [-0.3, -0.25) is 19.7 Å². The van der Waals surface area contributed by atoms with E-state index < -0.39 is 4.92 Å². The molecule has 2 heterocycles. The first-order valence-corrected chi connectivity index (χ1v) is 9.90. The summed E-state index contributed by atoms with van der Waals surface area (Å²) >= 11 is 0. The Labute approximate surface area is 182 Å². The number of carbonyl (C=O) groups excluding carboxylic acids is 1. The lowest BCUT2D eigenvalue weighted by molar-refractivity contribution is -0.384. The van der Waals surface area contributed by atoms with Gasteiger partial charge in [-0.05, 0) is 12.1 Å². The van der Waals surface area contributed by atoms with Gasteiger partial charge in [0.25, 0.3) is 11.6 Å². The number of hydrogen-bond acceptors (Lipinski definition) is 8. The predicted octanol–water partition coefficient (Wildman–Crippen LogP) is 2.68. The Morgan fingerprint density at radius 1 is 1.03 bits per heavy atom. The Kier molecular flexibility index (Phi) is 5.67. The number of non-ortho nitro benzene ring substituents is 1. The number of nitro benzene ring substituents is 1. The molecule has 1 amide bonds. The summed E-state index contributed by atoms with van der Waals surface area (Å²) in [6.07, 6.45) is 0. The normalized spacial score (nSPS) is 13.8. The molecular weight excluding hydrogens is 418 g/mol. The summed E-state index contributed by atoms with van der Waals surface area (Å²) in [6, 6.07) is 10.2. The maximum absolute atomic E-state index is 12.7. The van der Waals surface area contributed by atoms with Crippen molar-refractivity contribution in [2.75, 3.05) is 45.3 Å². The number of fused-ring (bicyclic) bond motifs is 1. The van der Waals surface area contributed by atoms with Crippen LogP contribution in [0.2, 0.25) is 0 Å². The summed E-state index contributed by atoms with van der Waals surface area (Å²) in [5, 5.41) is 11.1. The molecule has 0 saturated carbocycles. The fourth-order valence-electron chi connectivity index (χ4n) is 3.69. The topological polar surface area (TPSA) is 115 Å². The number of carbonyl (C=O) groups is 1. The van der Waals surface area contributed by atoms with Crippen LogP contribution in [0.5, 0.6) is 11.5 Å². The predicted molar refractivity (Wildman–Crippen MR) is 117 cm³/mol. The molecule has 1 saturated heterocycles. The summed E-state index contributed by atoms with van der Waals surface area (Å²) < 4.78 is 16.5. The average molecular weight is 439 g/mol. The van der Waals surface area contributed by atoms with Crippen LogP contribution in [0.4, 0.5) is 11.6 Å². The Morgan fingerprint density at radius 2 is 1.72 bits per heavy atom. The molecule has 0 unspecified atom stereocenters. The minimum absolute atomic E-state index is 0.0639. The van der Waals surface area contributed by atoms with Gasteiger partial charge in [-0.1, -0.05) is 0 Å². The standard InChI is InChI=1S/C22H21N3O7/c1-30-16-11-18(31-2)21-17(26)13-20(32-19(21)12-16)23-7-9-24(10-8-23)22(27)14-3-5-15(6-4-14)25(28)29/h3-6,11-13H,7-10H2,1-2H3. The molecule has 10 heteroatoms. The van der Waals surface area contributed by atoms with E-state index >= 15 is 0 Å². The second-order valence-corrected chi connectivity index (χ2v) is 7.23. The fraction of sp³-hybridized carbons (Fsp3) is 0.273. The Balaban J connectivity index is 1.52. The maximum atomic E-state index is 12.7. The lowest BCUT2D eigenvalue weighted by Gasteiger charge is -2.35. The van der Waals surface area contributed by atoms with Crippen molar-refractivity contribution < 1.29 is 23.6 Å². The number of amides is 1. The number of ether oxygens (including phenoxy) is 2. The molecule has 166 valence electrons. The van der Waals surface area contributed by atoms with E-state index in [1.807, 2.05) is 4.90 Å². The van der Waals surface area contributed by atoms with Crippen molar-refractivity contribution in [2.45, 2.75) is 0 Å². The van der Waals surface area contributed by atoms with Gasteiger partial charge < -0.3 is 23.7 Å². The number of nitrogens with zero attached hydrogens (tertiary/aromatic N) is 3. The highest BCUT2D eigenvalue weighted by Gasteiger charge is 2.25. The summed E-state index contributed by atoms with van der Waals surface area (Å²) in [5.41, 5.74) is 0.449. The maximum Gasteiger partial charge on any atom is 0.269 e. The second kappa shape index (κ2) is 8.58. The zero-order valence-corrected chi connectivity index (χ0v) is 17.6. The minimum atomic E-state index is -0.504. The average Bonchev–Trinajstić information content (AvgIpc) is 2.82. The Morgan fingerprint density at radius 3 is 2.31 bits per heavy atom. The number of benzene rings is 2. The van der Waals surface area contributed by atoms with Gasteiger partial charge in [-0.2, -0.15) is 0 Å². The van der Waals surface area contributed by atoms with Crippen LogP contribution in [0.3, 0.4) is 0 Å². The van der Waals surface area contributed by atoms with Crippen LogP contribution in [0.25, 0.3) is 11.0 Å². The van der Waals surface area contributed by atoms with Crippen LogP contribution < -0.4 is 19.8 Å². The van der Waals surface area contributed by atoms with Gasteiger partial charge in [0.05, 0.1) is 19.1 Å². The molecule has 4 rings (SSSR count). The highest BCUT2D eigenvalue weighted by Crippen LogP contribution is 2.31. The summed E-state index contributed by atoms with van der Waals surface area (Å²) in [6.45, 7) is 1.76. The first-order valence-electron chi connectivity index (χ1n) is 9.90. The van der Waals surface area contributed by atoms with Crippen molar-refractivity contribution in [3.63, 3.8) is 0 Å². The van der Waals surface area contributed by atoms with E-state index in [4.69, 9.17) is 13.9 Å². The first-order chi connectivity index (χ1) is 15.4. The molecule has 0 N–H and O–H groups in total. The molecule has 32 heavy (non-hydrogen) atoms. The van der Waals surface area contributed by atoms with Crippen LogP contribution in [0.1, 0.15) is 10.4 Å². The zero-order valence-electron chi connectivity index (χ0n) is 17.6. The molecule has 0 aliphatic carbocycles. The zero-order chi connectivity index (χ0) is 22.8. The quantitative estimate of drug-likeness (QED) is 0.440. The highest BCUT2D eigenvalue weighted by molar-refractivity contribution is 5.94. The molecule has 0 radical (unpaired) electrons. The van der Waals surface area contributed by atoms with Gasteiger partial charge in [0.2, 0.25) is 0 Å². The van der Waals surface area contributed by atoms with Crippen LogP contribution in [0.15, 0.2) is 51.7 Å². The first kappa shape index (κ1) is 21.2. The number of nitro groups is 1. The minimum Gasteiger partial charge on any atom is -0.496 e. The smallest absolute Gasteiger partial charge is 0.269 e. The molecule has 2 aromatic carbocycles. The van der Waals surface area contributed by atoms with Crippen molar-refractivity contribution in [3.8, 4) is 11.5 Å². The van der Waals surface area contributed by atoms with Crippen LogP contribution >= 0.6 is 0 Å². The van der Waals surface area contributed by atoms with Crippen molar-refractivity contribution in [2.24, 2.45) is 0 Å². The molecule has 0 spiro atoms. The summed E-state index contributed by atoms with van der Waals surface area (Å²) in [7, 11) is 2.99. The largest absolute Gasteiger partial charge is 0.496 e. The van der Waals surface area contributed by atoms with Gasteiger partial charge in [0.1, 0.15) is 22.5 Å². The fourth-order valence-corrected chi connectivity index (χ4v) is 3.69. The molecule has 1 fully saturated rings. The van der Waals surface area contributed by atoms with Gasteiger partial charge in [-0.25, -0.2) is 0 Å². The van der Waals surface area contributed by atoms with E-state index in [2.05, 4.69) is 0 Å². The summed E-state index contributed by atoms with van der Waals surface area (Å²) in [4.78, 5) is 39.3. The SMILES string of the molecule is COc1cc(OC)c2c(=O)cc(N3CCN(C(=O)c4ccc([N+](=O)[O-])cc4)CC3)oc2c1. The summed E-state index contributed by atoms with van der Waals surface area (Å²) in [5.74, 6) is 1.08. The Hall–Kier alpha value is -4.08. The van der Waals surface area contributed by atoms with Crippen molar-refractivity contribution in [3.05, 3.63) is 68.4 Å². The van der Waals surface area contributed by atoms with Crippen LogP contribution in [-0.2, 0) is 0 Å². The van der Waals surface area contributed by atoms with Crippen molar-refractivity contribution in [1.82, 2.24) is 4.90 Å². The Bertz CT molecular complexity index is 1230. The molecule has 1 aromatic heterocycles. The van der Waals surface area contributed by atoms with Crippen molar-refractivity contribution >= 4 is 28.4 Å². The second-order valence-electron chi connectivity index (χ2n) is 7.23. The molecular formula is C22H21N3O7. The third-order valence-corrected chi connectivity index (χ3v) is 5.41.